The van der Waals surface area contributed by atoms with Gasteiger partial charge in [0.05, 0.1) is 17.7 Å². The first-order chi connectivity index (χ1) is 10.2. The van der Waals surface area contributed by atoms with Crippen LogP contribution in [0.4, 0.5) is 0 Å². The molecule has 0 atom stereocenters. The number of aromatic hydroxyl groups is 1. The van der Waals surface area contributed by atoms with Crippen molar-refractivity contribution in [1.82, 2.24) is 9.97 Å². The zero-order valence-corrected chi connectivity index (χ0v) is 13.5. The molecule has 0 fully saturated rings. The van der Waals surface area contributed by atoms with E-state index in [-0.39, 0.29) is 5.88 Å². The van der Waals surface area contributed by atoms with Crippen molar-refractivity contribution in [2.75, 3.05) is 7.11 Å². The van der Waals surface area contributed by atoms with E-state index in [1.165, 1.54) is 11.3 Å². The standard InChI is InChI=1S/C15H11BrN2O2S/c1-20-11-5-2-9(3-6-11)13-14(19)18-15(21-13)12-7-4-10(16)8-17-12/h2-8,19H,1H3. The lowest BCUT2D eigenvalue weighted by atomic mass is 10.2. The van der Waals surface area contributed by atoms with E-state index in [2.05, 4.69) is 25.9 Å². The van der Waals surface area contributed by atoms with Gasteiger partial charge in [-0.25, -0.2) is 0 Å². The van der Waals surface area contributed by atoms with Crippen LogP contribution >= 0.6 is 27.3 Å². The molecule has 1 aromatic carbocycles. The fraction of sp³-hybridized carbons (Fsp3) is 0.0667. The van der Waals surface area contributed by atoms with Crippen LogP contribution in [0.25, 0.3) is 21.1 Å². The van der Waals surface area contributed by atoms with Crippen LogP contribution < -0.4 is 4.74 Å². The molecule has 0 aliphatic heterocycles. The first-order valence-corrected chi connectivity index (χ1v) is 7.74. The molecule has 2 heterocycles. The molecule has 0 aliphatic rings. The summed E-state index contributed by atoms with van der Waals surface area (Å²) in [6, 6.07) is 11.3. The van der Waals surface area contributed by atoms with Crippen LogP contribution in [0.2, 0.25) is 0 Å². The Labute approximate surface area is 134 Å². The Hall–Kier alpha value is -1.92. The predicted octanol–water partition coefficient (Wildman–Crippen LogP) is 4.35. The Morgan fingerprint density at radius 2 is 1.90 bits per heavy atom. The average molecular weight is 363 g/mol. The largest absolute Gasteiger partial charge is 0.497 e. The molecule has 0 saturated carbocycles. The van der Waals surface area contributed by atoms with Gasteiger partial charge in [0.25, 0.3) is 0 Å². The highest BCUT2D eigenvalue weighted by molar-refractivity contribution is 9.10. The zero-order valence-electron chi connectivity index (χ0n) is 11.1. The topological polar surface area (TPSA) is 55.2 Å². The second-order valence-corrected chi connectivity index (χ2v) is 6.18. The third-order valence-corrected chi connectivity index (χ3v) is 4.49. The van der Waals surface area contributed by atoms with Crippen LogP contribution in [-0.2, 0) is 0 Å². The van der Waals surface area contributed by atoms with Gasteiger partial charge in [0, 0.05) is 10.7 Å². The van der Waals surface area contributed by atoms with Crippen molar-refractivity contribution in [3.63, 3.8) is 0 Å². The summed E-state index contributed by atoms with van der Waals surface area (Å²) < 4.78 is 6.04. The number of rotatable bonds is 3. The molecular formula is C15H11BrN2O2S. The third kappa shape index (κ3) is 2.91. The summed E-state index contributed by atoms with van der Waals surface area (Å²) in [7, 11) is 1.62. The number of methoxy groups -OCH3 is 1. The monoisotopic (exact) mass is 362 g/mol. The molecule has 0 saturated heterocycles. The summed E-state index contributed by atoms with van der Waals surface area (Å²) in [6.45, 7) is 0. The van der Waals surface area contributed by atoms with Crippen molar-refractivity contribution >= 4 is 27.3 Å². The number of nitrogens with zero attached hydrogens (tertiary/aromatic N) is 2. The SMILES string of the molecule is COc1ccc(-c2sc(-c3ccc(Br)cn3)nc2O)cc1. The number of aromatic nitrogens is 2. The maximum atomic E-state index is 10.1. The van der Waals surface area contributed by atoms with E-state index in [1.54, 1.807) is 13.3 Å². The van der Waals surface area contributed by atoms with Crippen molar-refractivity contribution < 1.29 is 9.84 Å². The third-order valence-electron chi connectivity index (χ3n) is 2.91. The van der Waals surface area contributed by atoms with Gasteiger partial charge >= 0.3 is 0 Å². The fourth-order valence-corrected chi connectivity index (χ4v) is 3.03. The second kappa shape index (κ2) is 5.83. The lowest BCUT2D eigenvalue weighted by Gasteiger charge is -2.01. The van der Waals surface area contributed by atoms with E-state index in [1.807, 2.05) is 36.4 Å². The van der Waals surface area contributed by atoms with Gasteiger partial charge in [-0.3, -0.25) is 4.98 Å². The molecule has 2 aromatic heterocycles. The molecule has 1 N–H and O–H groups in total. The minimum absolute atomic E-state index is 0.0184. The maximum Gasteiger partial charge on any atom is 0.230 e. The van der Waals surface area contributed by atoms with Crippen LogP contribution in [0.5, 0.6) is 11.6 Å². The molecule has 3 aromatic rings. The van der Waals surface area contributed by atoms with Crippen molar-refractivity contribution in [3.05, 3.63) is 47.1 Å². The minimum Gasteiger partial charge on any atom is -0.497 e. The molecule has 0 spiro atoms. The van der Waals surface area contributed by atoms with Crippen molar-refractivity contribution in [2.24, 2.45) is 0 Å². The number of ether oxygens (including phenoxy) is 1. The lowest BCUT2D eigenvalue weighted by molar-refractivity contribution is 0.415. The lowest BCUT2D eigenvalue weighted by Crippen LogP contribution is -1.81. The van der Waals surface area contributed by atoms with Gasteiger partial charge in [0.15, 0.2) is 0 Å². The van der Waals surface area contributed by atoms with E-state index >= 15 is 0 Å². The number of hydrogen-bond donors (Lipinski definition) is 1. The Bertz CT molecular complexity index is 754. The van der Waals surface area contributed by atoms with Crippen molar-refractivity contribution in [3.8, 4) is 32.8 Å². The molecule has 0 amide bonds. The maximum absolute atomic E-state index is 10.1. The zero-order chi connectivity index (χ0) is 14.8. The Kier molecular flexibility index (Phi) is 3.90. The van der Waals surface area contributed by atoms with Gasteiger partial charge in [0.1, 0.15) is 10.8 Å². The van der Waals surface area contributed by atoms with Crippen LogP contribution in [0.3, 0.4) is 0 Å². The number of hydrogen-bond acceptors (Lipinski definition) is 5. The first-order valence-electron chi connectivity index (χ1n) is 6.13. The molecule has 0 aliphatic carbocycles. The Morgan fingerprint density at radius 3 is 2.52 bits per heavy atom. The van der Waals surface area contributed by atoms with Gasteiger partial charge in [-0.1, -0.05) is 0 Å². The van der Waals surface area contributed by atoms with Crippen molar-refractivity contribution in [2.45, 2.75) is 0 Å². The van der Waals surface area contributed by atoms with E-state index in [0.717, 1.165) is 26.4 Å². The second-order valence-electron chi connectivity index (χ2n) is 4.26. The highest BCUT2D eigenvalue weighted by Crippen LogP contribution is 2.39. The molecule has 3 rings (SSSR count). The molecule has 6 heteroatoms. The normalized spacial score (nSPS) is 10.6. The number of halogens is 1. The van der Waals surface area contributed by atoms with Gasteiger partial charge in [0.2, 0.25) is 5.88 Å². The summed E-state index contributed by atoms with van der Waals surface area (Å²) in [5, 5.41) is 10.7. The van der Waals surface area contributed by atoms with Crippen LogP contribution in [0.15, 0.2) is 47.1 Å². The summed E-state index contributed by atoms with van der Waals surface area (Å²) in [5.41, 5.74) is 1.63. The molecule has 0 unspecified atom stereocenters. The molecule has 0 bridgehead atoms. The van der Waals surface area contributed by atoms with E-state index in [0.29, 0.717) is 5.01 Å². The van der Waals surface area contributed by atoms with Gasteiger partial charge in [-0.2, -0.15) is 4.98 Å². The molecule has 0 radical (unpaired) electrons. The number of pyridine rings is 1. The van der Waals surface area contributed by atoms with Crippen LogP contribution in [-0.4, -0.2) is 22.2 Å². The molecule has 21 heavy (non-hydrogen) atoms. The molecule has 106 valence electrons. The quantitative estimate of drug-likeness (QED) is 0.752. The van der Waals surface area contributed by atoms with Crippen LogP contribution in [0, 0.1) is 0 Å². The van der Waals surface area contributed by atoms with E-state index in [4.69, 9.17) is 4.74 Å². The summed E-state index contributed by atoms with van der Waals surface area (Å²) >= 11 is 4.75. The molecule has 4 nitrogen and oxygen atoms in total. The smallest absolute Gasteiger partial charge is 0.230 e. The fourth-order valence-electron chi connectivity index (χ4n) is 1.85. The summed E-state index contributed by atoms with van der Waals surface area (Å²) in [4.78, 5) is 9.21. The number of thiazole rings is 1. The highest BCUT2D eigenvalue weighted by Gasteiger charge is 2.14. The Morgan fingerprint density at radius 1 is 1.14 bits per heavy atom. The minimum atomic E-state index is 0.0184. The Balaban J connectivity index is 1.98. The van der Waals surface area contributed by atoms with Crippen molar-refractivity contribution in [1.29, 1.82) is 0 Å². The average Bonchev–Trinajstić information content (AvgIpc) is 2.90. The van der Waals surface area contributed by atoms with Gasteiger partial charge < -0.3 is 9.84 Å². The van der Waals surface area contributed by atoms with Gasteiger partial charge in [-0.15, -0.1) is 11.3 Å². The first kappa shape index (κ1) is 14.0. The molecular weight excluding hydrogens is 352 g/mol. The van der Waals surface area contributed by atoms with Crippen LogP contribution in [0.1, 0.15) is 0 Å². The highest BCUT2D eigenvalue weighted by atomic mass is 79.9. The summed E-state index contributed by atoms with van der Waals surface area (Å²) in [5.74, 6) is 0.794. The van der Waals surface area contributed by atoms with E-state index in [9.17, 15) is 5.11 Å². The number of benzene rings is 1. The van der Waals surface area contributed by atoms with Gasteiger partial charge in [-0.05, 0) is 57.9 Å². The summed E-state index contributed by atoms with van der Waals surface area (Å²) in [6.07, 6.45) is 1.71. The predicted molar refractivity (Wildman–Crippen MR) is 86.7 cm³/mol. The van der Waals surface area contributed by atoms with E-state index < -0.39 is 0 Å².